The molecule has 0 spiro atoms. The van der Waals surface area contributed by atoms with Crippen LogP contribution in [-0.2, 0) is 11.3 Å². The monoisotopic (exact) mass is 248 g/mol. The van der Waals surface area contributed by atoms with E-state index in [0.29, 0.717) is 12.6 Å². The number of nitrogens with one attached hydrogen (secondary N) is 1. The van der Waals surface area contributed by atoms with Crippen LogP contribution in [0.1, 0.15) is 18.4 Å². The second-order valence-electron chi connectivity index (χ2n) is 5.18. The summed E-state index contributed by atoms with van der Waals surface area (Å²) in [5.74, 6) is 0.165. The summed E-state index contributed by atoms with van der Waals surface area (Å²) in [4.78, 5) is 14.3. The number of benzene rings is 1. The molecule has 1 aromatic rings. The topological polar surface area (TPSA) is 32.3 Å². The number of amides is 1. The third-order valence-electron chi connectivity index (χ3n) is 3.67. The van der Waals surface area contributed by atoms with Gasteiger partial charge in [-0.05, 0) is 30.5 Å². The van der Waals surface area contributed by atoms with Gasteiger partial charge in [0.25, 0.3) is 0 Å². The van der Waals surface area contributed by atoms with Gasteiger partial charge in [0.05, 0.1) is 5.92 Å². The molecule has 0 unspecified atom stereocenters. The van der Waals surface area contributed by atoms with Crippen molar-refractivity contribution in [3.63, 3.8) is 0 Å². The number of hydrogen-bond acceptors (Lipinski definition) is 2. The molecule has 4 heteroatoms. The van der Waals surface area contributed by atoms with Crippen molar-refractivity contribution in [2.24, 2.45) is 5.92 Å². The van der Waals surface area contributed by atoms with E-state index in [4.69, 9.17) is 0 Å². The summed E-state index contributed by atoms with van der Waals surface area (Å²) in [6, 6.07) is 6.84. The summed E-state index contributed by atoms with van der Waals surface area (Å²) >= 11 is 0. The van der Waals surface area contributed by atoms with Crippen LogP contribution in [0, 0.1) is 11.7 Å². The fourth-order valence-electron chi connectivity index (χ4n) is 2.26. The lowest BCUT2D eigenvalue weighted by Gasteiger charge is -2.32. The van der Waals surface area contributed by atoms with E-state index < -0.39 is 0 Å². The summed E-state index contributed by atoms with van der Waals surface area (Å²) in [7, 11) is 0. The van der Waals surface area contributed by atoms with Crippen LogP contribution in [0.5, 0.6) is 0 Å². The lowest BCUT2D eigenvalue weighted by atomic mass is 10.0. The molecule has 1 aromatic carbocycles. The van der Waals surface area contributed by atoms with Crippen LogP contribution in [0.25, 0.3) is 0 Å². The quantitative estimate of drug-likeness (QED) is 0.876. The molecule has 96 valence electrons. The van der Waals surface area contributed by atoms with Gasteiger partial charge < -0.3 is 10.2 Å². The van der Waals surface area contributed by atoms with Crippen LogP contribution in [0.3, 0.4) is 0 Å². The number of carbonyl (C=O) groups excluding carboxylic acids is 1. The Bertz CT molecular complexity index is 438. The molecule has 1 aliphatic heterocycles. The highest BCUT2D eigenvalue weighted by Crippen LogP contribution is 2.30. The van der Waals surface area contributed by atoms with E-state index in [1.54, 1.807) is 12.1 Å². The molecule has 1 heterocycles. The minimum Gasteiger partial charge on any atom is -0.335 e. The fourth-order valence-corrected chi connectivity index (χ4v) is 2.26. The Morgan fingerprint density at radius 2 is 1.94 bits per heavy atom. The smallest absolute Gasteiger partial charge is 0.228 e. The molecule has 0 bridgehead atoms. The zero-order valence-corrected chi connectivity index (χ0v) is 10.2. The van der Waals surface area contributed by atoms with Gasteiger partial charge in [-0.3, -0.25) is 4.79 Å². The van der Waals surface area contributed by atoms with Crippen molar-refractivity contribution in [2.75, 3.05) is 13.1 Å². The Morgan fingerprint density at radius 1 is 1.28 bits per heavy atom. The average molecular weight is 248 g/mol. The summed E-state index contributed by atoms with van der Waals surface area (Å²) in [6.45, 7) is 2.21. The highest BCUT2D eigenvalue weighted by Gasteiger charge is 2.37. The van der Waals surface area contributed by atoms with Crippen molar-refractivity contribution in [2.45, 2.75) is 25.4 Å². The van der Waals surface area contributed by atoms with Gasteiger partial charge in [-0.25, -0.2) is 4.39 Å². The van der Waals surface area contributed by atoms with Crippen molar-refractivity contribution in [3.8, 4) is 0 Å². The molecule has 1 aliphatic carbocycles. The number of rotatable bonds is 4. The maximum Gasteiger partial charge on any atom is 0.228 e. The van der Waals surface area contributed by atoms with E-state index in [-0.39, 0.29) is 17.6 Å². The highest BCUT2D eigenvalue weighted by atomic mass is 19.1. The molecule has 0 aromatic heterocycles. The Balaban J connectivity index is 1.69. The number of nitrogens with zero attached hydrogens (tertiary/aromatic N) is 1. The van der Waals surface area contributed by atoms with Crippen molar-refractivity contribution in [3.05, 3.63) is 35.6 Å². The molecular weight excluding hydrogens is 231 g/mol. The molecule has 2 fully saturated rings. The van der Waals surface area contributed by atoms with E-state index in [0.717, 1.165) is 31.5 Å². The first-order valence-corrected chi connectivity index (χ1v) is 6.49. The largest absolute Gasteiger partial charge is 0.335 e. The van der Waals surface area contributed by atoms with Gasteiger partial charge in [-0.1, -0.05) is 12.1 Å². The van der Waals surface area contributed by atoms with Gasteiger partial charge in [-0.2, -0.15) is 0 Å². The summed E-state index contributed by atoms with van der Waals surface area (Å²) < 4.78 is 12.9. The minimum atomic E-state index is -0.230. The van der Waals surface area contributed by atoms with Gasteiger partial charge >= 0.3 is 0 Å². The summed E-state index contributed by atoms with van der Waals surface area (Å²) in [5, 5.41) is 3.13. The lowest BCUT2D eigenvalue weighted by molar-refractivity contribution is -0.138. The molecule has 3 nitrogen and oxygen atoms in total. The SMILES string of the molecule is O=C(C1CNC1)N(Cc1ccc(F)cc1)C1CC1. The molecule has 2 aliphatic rings. The van der Waals surface area contributed by atoms with E-state index >= 15 is 0 Å². The molecule has 0 radical (unpaired) electrons. The molecule has 1 amide bonds. The van der Waals surface area contributed by atoms with Gasteiger partial charge in [-0.15, -0.1) is 0 Å². The molecule has 1 saturated heterocycles. The fraction of sp³-hybridized carbons (Fsp3) is 0.500. The zero-order chi connectivity index (χ0) is 12.5. The maximum atomic E-state index is 12.9. The third-order valence-corrected chi connectivity index (χ3v) is 3.67. The van der Waals surface area contributed by atoms with Crippen molar-refractivity contribution in [1.82, 2.24) is 10.2 Å². The molecule has 1 N–H and O–H groups in total. The maximum absolute atomic E-state index is 12.9. The standard InChI is InChI=1S/C14H17FN2O/c15-12-3-1-10(2-4-12)9-17(13-5-6-13)14(18)11-7-16-8-11/h1-4,11,13,16H,5-9H2. The Morgan fingerprint density at radius 3 is 2.44 bits per heavy atom. The first kappa shape index (κ1) is 11.7. The van der Waals surface area contributed by atoms with E-state index in [2.05, 4.69) is 5.32 Å². The van der Waals surface area contributed by atoms with Crippen LogP contribution in [0.4, 0.5) is 4.39 Å². The van der Waals surface area contributed by atoms with Crippen LogP contribution in [0.15, 0.2) is 24.3 Å². The second kappa shape index (κ2) is 4.69. The van der Waals surface area contributed by atoms with Gasteiger partial charge in [0, 0.05) is 25.7 Å². The summed E-state index contributed by atoms with van der Waals surface area (Å²) in [5.41, 5.74) is 1.00. The molecule has 0 atom stereocenters. The Labute approximate surface area is 106 Å². The normalized spacial score (nSPS) is 19.4. The van der Waals surface area contributed by atoms with Crippen molar-refractivity contribution < 1.29 is 9.18 Å². The number of hydrogen-bond donors (Lipinski definition) is 1. The predicted molar refractivity (Wildman–Crippen MR) is 66.3 cm³/mol. The van der Waals surface area contributed by atoms with Crippen LogP contribution < -0.4 is 5.32 Å². The highest BCUT2D eigenvalue weighted by molar-refractivity contribution is 5.80. The van der Waals surface area contributed by atoms with Crippen LogP contribution in [0.2, 0.25) is 0 Å². The lowest BCUT2D eigenvalue weighted by Crippen LogP contribution is -2.52. The third kappa shape index (κ3) is 2.38. The van der Waals surface area contributed by atoms with Crippen LogP contribution in [-0.4, -0.2) is 29.9 Å². The van der Waals surface area contributed by atoms with E-state index in [1.165, 1.54) is 12.1 Å². The first-order chi connectivity index (χ1) is 8.74. The minimum absolute atomic E-state index is 0.144. The number of carbonyl (C=O) groups is 1. The molecule has 18 heavy (non-hydrogen) atoms. The molecule has 3 rings (SSSR count). The van der Waals surface area contributed by atoms with Gasteiger partial charge in [0.2, 0.25) is 5.91 Å². The van der Waals surface area contributed by atoms with Gasteiger partial charge in [0.15, 0.2) is 0 Å². The van der Waals surface area contributed by atoms with Crippen molar-refractivity contribution in [1.29, 1.82) is 0 Å². The van der Waals surface area contributed by atoms with Crippen molar-refractivity contribution >= 4 is 5.91 Å². The summed E-state index contributed by atoms with van der Waals surface area (Å²) in [6.07, 6.45) is 2.21. The van der Waals surface area contributed by atoms with Crippen LogP contribution >= 0.6 is 0 Å². The number of halogens is 1. The van der Waals surface area contributed by atoms with E-state index in [9.17, 15) is 9.18 Å². The first-order valence-electron chi connectivity index (χ1n) is 6.49. The average Bonchev–Trinajstić information content (AvgIpc) is 3.09. The molecular formula is C14H17FN2O. The Kier molecular flexibility index (Phi) is 3.04. The van der Waals surface area contributed by atoms with E-state index in [1.807, 2.05) is 4.90 Å². The second-order valence-corrected chi connectivity index (χ2v) is 5.18. The predicted octanol–water partition coefficient (Wildman–Crippen LogP) is 1.54. The Hall–Kier alpha value is -1.42. The zero-order valence-electron chi connectivity index (χ0n) is 10.2. The van der Waals surface area contributed by atoms with Gasteiger partial charge in [0.1, 0.15) is 5.82 Å². The molecule has 1 saturated carbocycles.